The first kappa shape index (κ1) is 18.3. The monoisotopic (exact) mass is 343 g/mol. The number of benzene rings is 2. The van der Waals surface area contributed by atoms with Gasteiger partial charge in [0, 0.05) is 11.8 Å². The molecule has 2 aromatic carbocycles. The number of hydrogen-bond donors (Lipinski definition) is 0. The van der Waals surface area contributed by atoms with Crippen LogP contribution in [0.5, 0.6) is 5.88 Å². The van der Waals surface area contributed by atoms with Gasteiger partial charge < -0.3 is 4.74 Å². The molecular formula is C23H26BNO. The highest BCUT2D eigenvalue weighted by molar-refractivity contribution is 6.34. The fraction of sp³-hybridized carbons (Fsp3) is 0.261. The molecule has 3 rings (SSSR count). The number of nitrogens with zero attached hydrogens (tertiary/aromatic N) is 1. The number of hydrogen-bond acceptors (Lipinski definition) is 2. The fourth-order valence-electron chi connectivity index (χ4n) is 3.01. The quantitative estimate of drug-likeness (QED) is 0.663. The summed E-state index contributed by atoms with van der Waals surface area (Å²) in [6.45, 7) is 9.43. The summed E-state index contributed by atoms with van der Waals surface area (Å²) < 4.78 is 6.09. The van der Waals surface area contributed by atoms with Crippen molar-refractivity contribution in [2.24, 2.45) is 0 Å². The van der Waals surface area contributed by atoms with Crippen LogP contribution in [0.15, 0.2) is 60.8 Å². The second-order valence-electron chi connectivity index (χ2n) is 7.85. The fourth-order valence-corrected chi connectivity index (χ4v) is 3.01. The molecule has 1 heterocycles. The molecular weight excluding hydrogens is 317 g/mol. The molecule has 0 aliphatic heterocycles. The van der Waals surface area contributed by atoms with Gasteiger partial charge in [-0.05, 0) is 46.7 Å². The molecule has 0 aliphatic rings. The van der Waals surface area contributed by atoms with E-state index in [1.165, 1.54) is 22.2 Å². The van der Waals surface area contributed by atoms with Gasteiger partial charge in [0.15, 0.2) is 0 Å². The van der Waals surface area contributed by atoms with Gasteiger partial charge in [0.2, 0.25) is 5.88 Å². The van der Waals surface area contributed by atoms with Crippen LogP contribution in [0.4, 0.5) is 0 Å². The molecule has 0 saturated heterocycles. The van der Waals surface area contributed by atoms with E-state index in [-0.39, 0.29) is 5.41 Å². The number of aromatic nitrogens is 1. The third-order valence-corrected chi connectivity index (χ3v) is 4.81. The van der Waals surface area contributed by atoms with E-state index < -0.39 is 0 Å². The normalized spacial score (nSPS) is 11.4. The number of rotatable bonds is 4. The van der Waals surface area contributed by atoms with Crippen LogP contribution >= 0.6 is 0 Å². The molecule has 0 radical (unpaired) electrons. The molecule has 0 bridgehead atoms. The van der Waals surface area contributed by atoms with E-state index in [0.717, 1.165) is 11.1 Å². The van der Waals surface area contributed by atoms with Crippen LogP contribution in [-0.2, 0) is 12.0 Å². The van der Waals surface area contributed by atoms with Crippen LogP contribution < -0.4 is 10.2 Å². The lowest BCUT2D eigenvalue weighted by atomic mass is 9.78. The van der Waals surface area contributed by atoms with E-state index in [2.05, 4.69) is 70.9 Å². The van der Waals surface area contributed by atoms with Gasteiger partial charge in [-0.2, -0.15) is 0 Å². The molecule has 0 fully saturated rings. The van der Waals surface area contributed by atoms with E-state index in [9.17, 15) is 0 Å². The van der Waals surface area contributed by atoms with Crippen molar-refractivity contribution >= 4 is 13.3 Å². The molecule has 0 atom stereocenters. The zero-order valence-electron chi connectivity index (χ0n) is 16.3. The van der Waals surface area contributed by atoms with E-state index >= 15 is 0 Å². The topological polar surface area (TPSA) is 22.1 Å². The Morgan fingerprint density at radius 2 is 1.69 bits per heavy atom. The second-order valence-corrected chi connectivity index (χ2v) is 7.85. The van der Waals surface area contributed by atoms with E-state index in [0.29, 0.717) is 12.5 Å². The standard InChI is InChI=1S/C23H26BNO/c1-16-20(13-18(14-21(16)24)23(2,3)4)19-11-8-12-25-22(19)26-15-17-9-6-5-7-10-17/h5-14H,15,24H2,1-4H3. The highest BCUT2D eigenvalue weighted by atomic mass is 16.5. The van der Waals surface area contributed by atoms with Crippen LogP contribution in [-0.4, -0.2) is 12.8 Å². The molecule has 1 aromatic heterocycles. The minimum Gasteiger partial charge on any atom is -0.472 e. The molecule has 0 unspecified atom stereocenters. The van der Waals surface area contributed by atoms with Gasteiger partial charge in [-0.25, -0.2) is 4.98 Å². The van der Waals surface area contributed by atoms with E-state index in [4.69, 9.17) is 4.74 Å². The van der Waals surface area contributed by atoms with Gasteiger partial charge in [-0.15, -0.1) is 0 Å². The van der Waals surface area contributed by atoms with Crippen molar-refractivity contribution in [2.45, 2.75) is 39.7 Å². The van der Waals surface area contributed by atoms with Crippen LogP contribution in [0.3, 0.4) is 0 Å². The molecule has 3 heteroatoms. The summed E-state index contributed by atoms with van der Waals surface area (Å²) in [5.74, 6) is 0.685. The van der Waals surface area contributed by atoms with Crippen molar-refractivity contribution in [3.8, 4) is 17.0 Å². The second kappa shape index (κ2) is 7.37. The van der Waals surface area contributed by atoms with Crippen molar-refractivity contribution in [3.05, 3.63) is 77.5 Å². The molecule has 0 aliphatic carbocycles. The maximum atomic E-state index is 6.09. The maximum absolute atomic E-state index is 6.09. The first-order chi connectivity index (χ1) is 12.4. The zero-order chi connectivity index (χ0) is 18.7. The predicted octanol–water partition coefficient (Wildman–Crippen LogP) is 4.19. The Morgan fingerprint density at radius 3 is 2.38 bits per heavy atom. The summed E-state index contributed by atoms with van der Waals surface area (Å²) in [4.78, 5) is 4.51. The summed E-state index contributed by atoms with van der Waals surface area (Å²) in [7, 11) is 2.18. The predicted molar refractivity (Wildman–Crippen MR) is 112 cm³/mol. The summed E-state index contributed by atoms with van der Waals surface area (Å²) >= 11 is 0. The highest BCUT2D eigenvalue weighted by Gasteiger charge is 2.18. The SMILES string of the molecule is Bc1cc(C(C)(C)C)cc(-c2cccnc2OCc2ccccc2)c1C. The summed E-state index contributed by atoms with van der Waals surface area (Å²) in [6.07, 6.45) is 1.79. The Labute approximate surface area is 157 Å². The van der Waals surface area contributed by atoms with Crippen LogP contribution in [0.2, 0.25) is 0 Å². The lowest BCUT2D eigenvalue weighted by molar-refractivity contribution is 0.295. The molecule has 0 amide bonds. The average Bonchev–Trinajstić information content (AvgIpc) is 2.62. The van der Waals surface area contributed by atoms with Gasteiger partial charge in [-0.3, -0.25) is 0 Å². The largest absolute Gasteiger partial charge is 0.472 e. The van der Waals surface area contributed by atoms with Crippen LogP contribution in [0.25, 0.3) is 11.1 Å². The summed E-state index contributed by atoms with van der Waals surface area (Å²) in [5, 5.41) is 0. The van der Waals surface area contributed by atoms with Crippen molar-refractivity contribution in [3.63, 3.8) is 0 Å². The smallest absolute Gasteiger partial charge is 0.221 e. The molecule has 0 N–H and O–H groups in total. The molecule has 0 saturated carbocycles. The molecule has 26 heavy (non-hydrogen) atoms. The van der Waals surface area contributed by atoms with Gasteiger partial charge in [0.1, 0.15) is 14.5 Å². The minimum absolute atomic E-state index is 0.0977. The van der Waals surface area contributed by atoms with Crippen LogP contribution in [0.1, 0.15) is 37.5 Å². The summed E-state index contributed by atoms with van der Waals surface area (Å²) in [6, 6.07) is 18.9. The minimum atomic E-state index is 0.0977. The number of pyridine rings is 1. The third-order valence-electron chi connectivity index (χ3n) is 4.81. The Bertz CT molecular complexity index is 898. The van der Waals surface area contributed by atoms with E-state index in [1.54, 1.807) is 6.20 Å². The highest BCUT2D eigenvalue weighted by Crippen LogP contribution is 2.33. The molecule has 0 spiro atoms. The van der Waals surface area contributed by atoms with Crippen molar-refractivity contribution in [1.82, 2.24) is 4.98 Å². The molecule has 2 nitrogen and oxygen atoms in total. The Kier molecular flexibility index (Phi) is 5.17. The van der Waals surface area contributed by atoms with Crippen molar-refractivity contribution in [2.75, 3.05) is 0 Å². The Balaban J connectivity index is 2.01. The van der Waals surface area contributed by atoms with Crippen LogP contribution in [0, 0.1) is 6.92 Å². The zero-order valence-corrected chi connectivity index (χ0v) is 16.3. The lowest BCUT2D eigenvalue weighted by Crippen LogP contribution is -2.18. The van der Waals surface area contributed by atoms with E-state index in [1.807, 2.05) is 24.3 Å². The number of ether oxygens (including phenoxy) is 1. The lowest BCUT2D eigenvalue weighted by Gasteiger charge is -2.23. The summed E-state index contributed by atoms with van der Waals surface area (Å²) in [5.41, 5.74) is 7.39. The van der Waals surface area contributed by atoms with Crippen molar-refractivity contribution in [1.29, 1.82) is 0 Å². The average molecular weight is 343 g/mol. The maximum Gasteiger partial charge on any atom is 0.221 e. The Morgan fingerprint density at radius 1 is 0.962 bits per heavy atom. The third kappa shape index (κ3) is 3.99. The molecule has 3 aromatic rings. The van der Waals surface area contributed by atoms with Crippen molar-refractivity contribution < 1.29 is 4.74 Å². The molecule has 132 valence electrons. The first-order valence-electron chi connectivity index (χ1n) is 9.10. The van der Waals surface area contributed by atoms with Gasteiger partial charge in [0.25, 0.3) is 0 Å². The van der Waals surface area contributed by atoms with Gasteiger partial charge in [-0.1, -0.05) is 68.7 Å². The first-order valence-corrected chi connectivity index (χ1v) is 9.10. The Hall–Kier alpha value is -2.55. The van der Waals surface area contributed by atoms with Gasteiger partial charge in [0.05, 0.1) is 0 Å². The van der Waals surface area contributed by atoms with Gasteiger partial charge >= 0.3 is 0 Å².